The number of rotatable bonds is 6. The number of hydrogen-bond donors (Lipinski definition) is 6. The lowest BCUT2D eigenvalue weighted by molar-refractivity contribution is 0.0676. The van der Waals surface area contributed by atoms with E-state index in [1.807, 2.05) is 18.2 Å². The normalized spacial score (nSPS) is 9.23. The molecule has 78 heavy (non-hydrogen) atoms. The maximum atomic E-state index is 11.4. The summed E-state index contributed by atoms with van der Waals surface area (Å²) in [5, 5.41) is 56.0. The predicted octanol–water partition coefficient (Wildman–Crippen LogP) is 8.28. The average molecular weight is 1010 g/mol. The topological polar surface area (TPSA) is 224 Å². The molecule has 0 spiro atoms. The molecule has 366 valence electrons. The first kappa shape index (κ1) is 53.2. The summed E-state index contributed by atoms with van der Waals surface area (Å²) in [6.45, 7) is 0. The van der Waals surface area contributed by atoms with Crippen LogP contribution in [0, 0.1) is 107 Å². The van der Waals surface area contributed by atoms with Crippen molar-refractivity contribution in [3.63, 3.8) is 0 Å². The van der Waals surface area contributed by atoms with Crippen molar-refractivity contribution < 1.29 is 59.4 Å². The van der Waals surface area contributed by atoms with Crippen LogP contribution in [0.15, 0.2) is 146 Å². The zero-order valence-electron chi connectivity index (χ0n) is 40.0. The molecule has 7 rings (SSSR count). The second-order valence-electron chi connectivity index (χ2n) is 16.0. The Labute approximate surface area is 445 Å². The van der Waals surface area contributed by atoms with Crippen molar-refractivity contribution in [2.75, 3.05) is 0 Å². The molecule has 0 amide bonds. The van der Waals surface area contributed by atoms with E-state index < -0.39 is 35.8 Å². The maximum Gasteiger partial charge on any atom is 0.335 e. The third kappa shape index (κ3) is 15.7. The first-order valence-electron chi connectivity index (χ1n) is 22.5. The van der Waals surface area contributed by atoms with Crippen LogP contribution in [0.2, 0.25) is 0 Å². The van der Waals surface area contributed by atoms with Gasteiger partial charge in [0.25, 0.3) is 0 Å². The zero-order chi connectivity index (χ0) is 55.6. The minimum atomic E-state index is -1.28. The first-order chi connectivity index (χ1) is 37.5. The molecule has 0 saturated carbocycles. The number of carboxylic acid groups (broad SMARTS) is 6. The van der Waals surface area contributed by atoms with Gasteiger partial charge in [0, 0.05) is 66.8 Å². The van der Waals surface area contributed by atoms with E-state index in [4.69, 9.17) is 0 Å². The van der Waals surface area contributed by atoms with Crippen molar-refractivity contribution in [1.29, 1.82) is 0 Å². The molecule has 0 aliphatic rings. The van der Waals surface area contributed by atoms with Crippen LogP contribution >= 0.6 is 0 Å². The maximum absolute atomic E-state index is 11.4. The monoisotopic (exact) mass is 1010 g/mol. The summed E-state index contributed by atoms with van der Waals surface area (Å²) in [6.07, 6.45) is 0. The Balaban J connectivity index is 1.11. The van der Waals surface area contributed by atoms with Crippen molar-refractivity contribution in [2.24, 2.45) is 0 Å². The fraction of sp³-hybridized carbons (Fsp3) is 0. The zero-order valence-corrected chi connectivity index (χ0v) is 40.0. The van der Waals surface area contributed by atoms with Crippen molar-refractivity contribution in [1.82, 2.24) is 0 Å². The van der Waals surface area contributed by atoms with Crippen LogP contribution in [0.4, 0.5) is 0 Å². The lowest BCUT2D eigenvalue weighted by atomic mass is 10.0. The molecule has 6 N–H and O–H groups in total. The van der Waals surface area contributed by atoms with Crippen molar-refractivity contribution in [3.8, 4) is 107 Å². The number of hydrogen-bond acceptors (Lipinski definition) is 6. The Hall–Kier alpha value is -12.6. The van der Waals surface area contributed by atoms with Gasteiger partial charge in [-0.05, 0) is 181 Å². The Morgan fingerprint density at radius 2 is 0.333 bits per heavy atom. The summed E-state index contributed by atoms with van der Waals surface area (Å²) in [4.78, 5) is 68.6. The molecule has 0 saturated heterocycles. The van der Waals surface area contributed by atoms with E-state index in [2.05, 4.69) is 107 Å². The van der Waals surface area contributed by atoms with Gasteiger partial charge in [0.15, 0.2) is 0 Å². The van der Waals surface area contributed by atoms with Crippen LogP contribution < -0.4 is 0 Å². The summed E-state index contributed by atoms with van der Waals surface area (Å²) in [6, 6.07) is 37.4. The molecule has 0 heterocycles. The van der Waals surface area contributed by atoms with Crippen LogP contribution in [0.5, 0.6) is 0 Å². The van der Waals surface area contributed by atoms with E-state index in [0.717, 1.165) is 18.2 Å². The highest BCUT2D eigenvalue weighted by atomic mass is 16.4. The third-order valence-electron chi connectivity index (χ3n) is 10.4. The number of aromatic carboxylic acids is 6. The van der Waals surface area contributed by atoms with Crippen LogP contribution in [-0.4, -0.2) is 66.5 Å². The molecular formula is C66H30O12. The molecule has 0 aliphatic heterocycles. The number of carbonyl (C=O) groups is 6. The van der Waals surface area contributed by atoms with Gasteiger partial charge in [0.05, 0.1) is 33.4 Å². The second kappa shape index (κ2) is 25.2. The van der Waals surface area contributed by atoms with E-state index in [-0.39, 0.29) is 50.1 Å². The molecule has 12 nitrogen and oxygen atoms in total. The summed E-state index contributed by atoms with van der Waals surface area (Å²) >= 11 is 0. The molecule has 0 unspecified atom stereocenters. The summed E-state index contributed by atoms with van der Waals surface area (Å²) < 4.78 is 0. The standard InChI is InChI=1S/C66H30O12/c67-61(68)55-34-49(35-56(40-55)62(69)70)10-4-1-7-43-13-19-46(20-14-43)25-28-52-31-53(29-26-47-21-15-44(16-22-47)8-2-5-11-50-36-57(63(71)72)41-58(37-50)64(73)74)33-54(32-52)30-27-48-23-17-45(18-24-48)9-3-6-12-51-38-59(65(75)76)42-60(39-51)66(77)78/h13-24,31-42H,(H,67,68)(H,69,70)(H,71,72)(H,73,74)(H,75,76)(H,77,78). The average Bonchev–Trinajstić information content (AvgIpc) is 3.43. The smallest absolute Gasteiger partial charge is 0.335 e. The fourth-order valence-electron chi connectivity index (χ4n) is 6.65. The van der Waals surface area contributed by atoms with E-state index in [1.165, 1.54) is 36.4 Å². The van der Waals surface area contributed by atoms with Crippen LogP contribution in [-0.2, 0) is 0 Å². The van der Waals surface area contributed by atoms with E-state index in [0.29, 0.717) is 50.1 Å². The van der Waals surface area contributed by atoms with Crippen molar-refractivity contribution >= 4 is 35.8 Å². The molecule has 0 bridgehead atoms. The quantitative estimate of drug-likeness (QED) is 0.0866. The van der Waals surface area contributed by atoms with Gasteiger partial charge in [0.1, 0.15) is 0 Å². The minimum absolute atomic E-state index is 0.191. The lowest BCUT2D eigenvalue weighted by Crippen LogP contribution is -2.03. The number of benzene rings is 7. The molecule has 0 radical (unpaired) electrons. The predicted molar refractivity (Wildman–Crippen MR) is 286 cm³/mol. The Kier molecular flexibility index (Phi) is 17.2. The highest BCUT2D eigenvalue weighted by molar-refractivity contribution is 5.96. The molecule has 0 atom stereocenters. The largest absolute Gasteiger partial charge is 0.478 e. The second-order valence-corrected chi connectivity index (χ2v) is 16.0. The van der Waals surface area contributed by atoms with Gasteiger partial charge in [-0.15, -0.1) is 0 Å². The molecule has 0 fully saturated rings. The Bertz CT molecular complexity index is 3750. The molecule has 7 aromatic rings. The highest BCUT2D eigenvalue weighted by Crippen LogP contribution is 2.15. The van der Waals surface area contributed by atoms with Gasteiger partial charge in [-0.3, -0.25) is 0 Å². The Morgan fingerprint density at radius 3 is 0.513 bits per heavy atom. The fourth-order valence-corrected chi connectivity index (χ4v) is 6.65. The van der Waals surface area contributed by atoms with Crippen LogP contribution in [0.25, 0.3) is 0 Å². The molecule has 0 aromatic heterocycles. The minimum Gasteiger partial charge on any atom is -0.478 e. The Morgan fingerprint density at radius 1 is 0.192 bits per heavy atom. The van der Waals surface area contributed by atoms with E-state index in [1.54, 1.807) is 72.8 Å². The van der Waals surface area contributed by atoms with E-state index in [9.17, 15) is 59.4 Å². The molecular weight excluding hydrogens is 985 g/mol. The molecule has 7 aromatic carbocycles. The van der Waals surface area contributed by atoms with Gasteiger partial charge in [0.2, 0.25) is 0 Å². The number of carboxylic acids is 6. The van der Waals surface area contributed by atoms with Crippen LogP contribution in [0.3, 0.4) is 0 Å². The van der Waals surface area contributed by atoms with Gasteiger partial charge >= 0.3 is 35.8 Å². The van der Waals surface area contributed by atoms with Gasteiger partial charge in [-0.1, -0.05) is 71.0 Å². The third-order valence-corrected chi connectivity index (χ3v) is 10.4. The van der Waals surface area contributed by atoms with Crippen LogP contribution in [0.1, 0.15) is 129 Å². The summed E-state index contributed by atoms with van der Waals surface area (Å²) in [7, 11) is 0. The van der Waals surface area contributed by atoms with Gasteiger partial charge < -0.3 is 30.6 Å². The lowest BCUT2D eigenvalue weighted by Gasteiger charge is -1.99. The van der Waals surface area contributed by atoms with Gasteiger partial charge in [-0.25, -0.2) is 28.8 Å². The molecule has 0 aliphatic carbocycles. The van der Waals surface area contributed by atoms with Gasteiger partial charge in [-0.2, -0.15) is 0 Å². The van der Waals surface area contributed by atoms with Crippen molar-refractivity contribution in [3.05, 3.63) is 246 Å². The van der Waals surface area contributed by atoms with Crippen molar-refractivity contribution in [2.45, 2.75) is 0 Å². The summed E-state index contributed by atoms with van der Waals surface area (Å²) in [5.41, 5.74) is 5.04. The highest BCUT2D eigenvalue weighted by Gasteiger charge is 2.13. The SMILES string of the molecule is O=C(O)c1cc(C#CC#Cc2ccc(C#Cc3cc(C#Cc4ccc(C#CC#Cc5cc(C(=O)O)cc(C(=O)O)c5)cc4)cc(C#Cc4ccc(C#CC#Cc5cc(C(=O)O)cc(C(=O)O)c5)cc4)c3)cc2)cc(C(=O)O)c1. The first-order valence-corrected chi connectivity index (χ1v) is 22.5. The molecule has 12 heteroatoms. The summed E-state index contributed by atoms with van der Waals surface area (Å²) in [5.74, 6) is 44.0. The van der Waals surface area contributed by atoms with E-state index >= 15 is 0 Å².